The van der Waals surface area contributed by atoms with Gasteiger partial charge in [-0.05, 0) is 25.3 Å². The molecule has 0 aromatic heterocycles. The highest BCUT2D eigenvalue weighted by Gasteiger charge is 2.25. The SMILES string of the molecule is COC1CN(CCC(O)CN)CCC1C. The number of nitrogens with zero attached hydrogens (tertiary/aromatic N) is 1. The lowest BCUT2D eigenvalue weighted by molar-refractivity contribution is -0.00831. The summed E-state index contributed by atoms with van der Waals surface area (Å²) < 4.78 is 5.44. The molecule has 1 aliphatic rings. The molecule has 15 heavy (non-hydrogen) atoms. The number of nitrogens with two attached hydrogens (primary N) is 1. The van der Waals surface area contributed by atoms with Gasteiger partial charge in [0.05, 0.1) is 12.2 Å². The highest BCUT2D eigenvalue weighted by atomic mass is 16.5. The van der Waals surface area contributed by atoms with Crippen LogP contribution in [0.15, 0.2) is 0 Å². The number of piperidine rings is 1. The van der Waals surface area contributed by atoms with Crippen molar-refractivity contribution >= 4 is 0 Å². The second kappa shape index (κ2) is 6.43. The lowest BCUT2D eigenvalue weighted by Gasteiger charge is -2.36. The number of ether oxygens (including phenoxy) is 1. The van der Waals surface area contributed by atoms with E-state index in [1.54, 1.807) is 7.11 Å². The summed E-state index contributed by atoms with van der Waals surface area (Å²) in [6.07, 6.45) is 1.93. The first-order valence-electron chi connectivity index (χ1n) is 5.80. The van der Waals surface area contributed by atoms with Gasteiger partial charge in [-0.1, -0.05) is 6.92 Å². The summed E-state index contributed by atoms with van der Waals surface area (Å²) in [7, 11) is 1.78. The molecule has 1 saturated heterocycles. The molecule has 1 fully saturated rings. The fourth-order valence-electron chi connectivity index (χ4n) is 2.06. The van der Waals surface area contributed by atoms with E-state index >= 15 is 0 Å². The lowest BCUT2D eigenvalue weighted by atomic mass is 9.95. The third kappa shape index (κ3) is 4.07. The highest BCUT2D eigenvalue weighted by Crippen LogP contribution is 2.19. The molecule has 0 aliphatic carbocycles. The molecule has 0 aromatic carbocycles. The predicted octanol–water partition coefficient (Wildman–Crippen LogP) is 0.0529. The fourth-order valence-corrected chi connectivity index (χ4v) is 2.06. The normalized spacial score (nSPS) is 30.4. The third-order valence-electron chi connectivity index (χ3n) is 3.33. The summed E-state index contributed by atoms with van der Waals surface area (Å²) >= 11 is 0. The molecule has 1 aliphatic heterocycles. The Balaban J connectivity index is 2.26. The second-order valence-corrected chi connectivity index (χ2v) is 4.52. The summed E-state index contributed by atoms with van der Waals surface area (Å²) in [5, 5.41) is 9.38. The lowest BCUT2D eigenvalue weighted by Crippen LogP contribution is -2.44. The number of aliphatic hydroxyl groups is 1. The van der Waals surface area contributed by atoms with Gasteiger partial charge >= 0.3 is 0 Å². The van der Waals surface area contributed by atoms with Crippen LogP contribution >= 0.6 is 0 Å². The Bertz CT molecular complexity index is 178. The van der Waals surface area contributed by atoms with Gasteiger partial charge < -0.3 is 20.5 Å². The molecule has 0 saturated carbocycles. The van der Waals surface area contributed by atoms with Crippen LogP contribution in [-0.4, -0.2) is 55.5 Å². The van der Waals surface area contributed by atoms with E-state index in [1.807, 2.05) is 0 Å². The van der Waals surface area contributed by atoms with Crippen LogP contribution in [0.3, 0.4) is 0 Å². The molecule has 1 rings (SSSR count). The molecular formula is C11H24N2O2. The minimum absolute atomic E-state index is 0.341. The quantitative estimate of drug-likeness (QED) is 0.682. The van der Waals surface area contributed by atoms with Crippen LogP contribution in [0.4, 0.5) is 0 Å². The Hall–Kier alpha value is -0.160. The summed E-state index contributed by atoms with van der Waals surface area (Å²) in [4.78, 5) is 2.35. The topological polar surface area (TPSA) is 58.7 Å². The molecule has 3 unspecified atom stereocenters. The van der Waals surface area contributed by atoms with E-state index in [2.05, 4.69) is 11.8 Å². The van der Waals surface area contributed by atoms with E-state index in [9.17, 15) is 5.11 Å². The molecule has 4 nitrogen and oxygen atoms in total. The van der Waals surface area contributed by atoms with Crippen molar-refractivity contribution < 1.29 is 9.84 Å². The van der Waals surface area contributed by atoms with Crippen molar-refractivity contribution in [3.63, 3.8) is 0 Å². The number of hydrogen-bond acceptors (Lipinski definition) is 4. The van der Waals surface area contributed by atoms with Crippen molar-refractivity contribution in [3.05, 3.63) is 0 Å². The number of methoxy groups -OCH3 is 1. The van der Waals surface area contributed by atoms with Gasteiger partial charge in [0.25, 0.3) is 0 Å². The summed E-state index contributed by atoms with van der Waals surface area (Å²) in [5.74, 6) is 0.644. The number of hydrogen-bond donors (Lipinski definition) is 2. The van der Waals surface area contributed by atoms with Gasteiger partial charge in [0.15, 0.2) is 0 Å². The maximum Gasteiger partial charge on any atom is 0.0724 e. The van der Waals surface area contributed by atoms with Crippen molar-refractivity contribution in [1.29, 1.82) is 0 Å². The predicted molar refractivity (Wildman–Crippen MR) is 60.7 cm³/mol. The average Bonchev–Trinajstić information content (AvgIpc) is 2.27. The molecule has 0 amide bonds. The molecular weight excluding hydrogens is 192 g/mol. The minimum atomic E-state index is -0.356. The average molecular weight is 216 g/mol. The van der Waals surface area contributed by atoms with E-state index in [1.165, 1.54) is 6.42 Å². The van der Waals surface area contributed by atoms with Crippen molar-refractivity contribution in [2.75, 3.05) is 33.3 Å². The first-order valence-corrected chi connectivity index (χ1v) is 5.80. The van der Waals surface area contributed by atoms with Gasteiger partial charge in [0.1, 0.15) is 0 Å². The second-order valence-electron chi connectivity index (χ2n) is 4.52. The van der Waals surface area contributed by atoms with Gasteiger partial charge in [0, 0.05) is 26.7 Å². The van der Waals surface area contributed by atoms with Gasteiger partial charge in [-0.3, -0.25) is 0 Å². The van der Waals surface area contributed by atoms with Crippen LogP contribution < -0.4 is 5.73 Å². The molecule has 90 valence electrons. The fraction of sp³-hybridized carbons (Fsp3) is 1.00. The zero-order valence-electron chi connectivity index (χ0n) is 9.85. The standard InChI is InChI=1S/C11H24N2O2/c1-9-3-5-13(8-11(9)15-2)6-4-10(14)7-12/h9-11,14H,3-8,12H2,1-2H3. The summed E-state index contributed by atoms with van der Waals surface area (Å²) in [5.41, 5.74) is 5.37. The van der Waals surface area contributed by atoms with E-state index in [-0.39, 0.29) is 6.10 Å². The molecule has 0 radical (unpaired) electrons. The number of likely N-dealkylation sites (tertiary alicyclic amines) is 1. The molecule has 3 N–H and O–H groups in total. The minimum Gasteiger partial charge on any atom is -0.392 e. The van der Waals surface area contributed by atoms with Crippen molar-refractivity contribution in [2.45, 2.75) is 32.0 Å². The first kappa shape index (κ1) is 12.9. The van der Waals surface area contributed by atoms with Crippen LogP contribution in [0, 0.1) is 5.92 Å². The number of rotatable bonds is 5. The van der Waals surface area contributed by atoms with E-state index in [0.29, 0.717) is 18.6 Å². The molecule has 0 bridgehead atoms. The third-order valence-corrected chi connectivity index (χ3v) is 3.33. The van der Waals surface area contributed by atoms with Crippen molar-refractivity contribution in [3.8, 4) is 0 Å². The molecule has 3 atom stereocenters. The Morgan fingerprint density at radius 3 is 2.93 bits per heavy atom. The van der Waals surface area contributed by atoms with Crippen LogP contribution in [0.2, 0.25) is 0 Å². The van der Waals surface area contributed by atoms with E-state index in [0.717, 1.165) is 26.1 Å². The van der Waals surface area contributed by atoms with Crippen LogP contribution in [0.1, 0.15) is 19.8 Å². The zero-order valence-corrected chi connectivity index (χ0v) is 9.85. The van der Waals surface area contributed by atoms with Crippen molar-refractivity contribution in [1.82, 2.24) is 4.90 Å². The molecule has 0 spiro atoms. The van der Waals surface area contributed by atoms with Crippen LogP contribution in [0.5, 0.6) is 0 Å². The van der Waals surface area contributed by atoms with E-state index < -0.39 is 0 Å². The van der Waals surface area contributed by atoms with Gasteiger partial charge in [0.2, 0.25) is 0 Å². The number of aliphatic hydroxyl groups excluding tert-OH is 1. The summed E-state index contributed by atoms with van der Waals surface area (Å²) in [6.45, 7) is 5.61. The van der Waals surface area contributed by atoms with Crippen molar-refractivity contribution in [2.24, 2.45) is 11.7 Å². The maximum absolute atomic E-state index is 9.38. The summed E-state index contributed by atoms with van der Waals surface area (Å²) in [6, 6.07) is 0. The Morgan fingerprint density at radius 1 is 1.60 bits per heavy atom. The smallest absolute Gasteiger partial charge is 0.0724 e. The first-order chi connectivity index (χ1) is 7.17. The molecule has 0 aromatic rings. The van der Waals surface area contributed by atoms with Gasteiger partial charge in [-0.15, -0.1) is 0 Å². The zero-order chi connectivity index (χ0) is 11.3. The monoisotopic (exact) mass is 216 g/mol. The highest BCUT2D eigenvalue weighted by molar-refractivity contribution is 4.78. The molecule has 1 heterocycles. The van der Waals surface area contributed by atoms with Crippen LogP contribution in [0.25, 0.3) is 0 Å². The van der Waals surface area contributed by atoms with E-state index in [4.69, 9.17) is 10.5 Å². The Labute approximate surface area is 92.4 Å². The van der Waals surface area contributed by atoms with Gasteiger partial charge in [-0.2, -0.15) is 0 Å². The maximum atomic E-state index is 9.38. The van der Waals surface area contributed by atoms with Crippen LogP contribution in [-0.2, 0) is 4.74 Å². The largest absolute Gasteiger partial charge is 0.392 e. The Morgan fingerprint density at radius 2 is 2.33 bits per heavy atom. The molecule has 4 heteroatoms. The Kier molecular flexibility index (Phi) is 5.53. The van der Waals surface area contributed by atoms with Gasteiger partial charge in [-0.25, -0.2) is 0 Å².